The Morgan fingerprint density at radius 2 is 2.11 bits per heavy atom. The number of nitrogens with one attached hydrogen (secondary N) is 1. The van der Waals surface area contributed by atoms with Gasteiger partial charge in [-0.25, -0.2) is 0 Å². The van der Waals surface area contributed by atoms with Gasteiger partial charge in [-0.05, 0) is 36.5 Å². The molecule has 1 aromatic rings. The topological polar surface area (TPSA) is 32.3 Å². The molecule has 1 unspecified atom stereocenters. The summed E-state index contributed by atoms with van der Waals surface area (Å²) in [7, 11) is 1.87. The number of hydrogen-bond donors (Lipinski definition) is 1. The average molecular weight is 246 g/mol. The number of nitrogens with zero attached hydrogens (tertiary/aromatic N) is 1. The van der Waals surface area contributed by atoms with Crippen molar-refractivity contribution in [3.63, 3.8) is 0 Å². The molecule has 1 aliphatic heterocycles. The number of carbonyl (C=O) groups excluding carboxylic acids is 1. The lowest BCUT2D eigenvalue weighted by Gasteiger charge is -2.17. The van der Waals surface area contributed by atoms with Crippen molar-refractivity contribution in [1.29, 1.82) is 0 Å². The van der Waals surface area contributed by atoms with Crippen molar-refractivity contribution in [2.75, 3.05) is 18.9 Å². The second-order valence-corrected chi connectivity index (χ2v) is 4.94. The van der Waals surface area contributed by atoms with Gasteiger partial charge in [-0.2, -0.15) is 0 Å². The van der Waals surface area contributed by atoms with Crippen LogP contribution in [0.3, 0.4) is 0 Å². The van der Waals surface area contributed by atoms with Gasteiger partial charge < -0.3 is 10.2 Å². The average Bonchev–Trinajstić information content (AvgIpc) is 2.70. The molecule has 18 heavy (non-hydrogen) atoms. The molecule has 1 aromatic carbocycles. The SMILES string of the molecule is CCc1ccc(CC)c(NC2CCN(C)C2=O)c1. The maximum Gasteiger partial charge on any atom is 0.244 e. The first kappa shape index (κ1) is 12.9. The molecule has 1 aliphatic rings. The van der Waals surface area contributed by atoms with Gasteiger partial charge in [-0.15, -0.1) is 0 Å². The zero-order valence-corrected chi connectivity index (χ0v) is 11.5. The minimum atomic E-state index is -0.0487. The predicted molar refractivity (Wildman–Crippen MR) is 74.9 cm³/mol. The Kier molecular flexibility index (Phi) is 3.90. The second-order valence-electron chi connectivity index (χ2n) is 4.94. The van der Waals surface area contributed by atoms with Crippen molar-refractivity contribution in [1.82, 2.24) is 4.90 Å². The summed E-state index contributed by atoms with van der Waals surface area (Å²) in [5.41, 5.74) is 3.73. The number of anilines is 1. The Bertz CT molecular complexity index is 442. The van der Waals surface area contributed by atoms with Crippen LogP contribution in [-0.4, -0.2) is 30.4 Å². The van der Waals surface area contributed by atoms with E-state index in [9.17, 15) is 4.79 Å². The third-order valence-corrected chi connectivity index (χ3v) is 3.72. The van der Waals surface area contributed by atoms with E-state index in [2.05, 4.69) is 37.4 Å². The summed E-state index contributed by atoms with van der Waals surface area (Å²) in [5.74, 6) is 0.207. The molecule has 2 rings (SSSR count). The number of rotatable bonds is 4. The standard InChI is InChI=1S/C15H22N2O/c1-4-11-6-7-12(5-2)14(10-11)16-13-8-9-17(3)15(13)18/h6-7,10,13,16H,4-5,8-9H2,1-3H3. The molecular weight excluding hydrogens is 224 g/mol. The molecule has 1 N–H and O–H groups in total. The number of carbonyl (C=O) groups is 1. The third kappa shape index (κ3) is 2.50. The van der Waals surface area contributed by atoms with Crippen molar-refractivity contribution in [3.05, 3.63) is 29.3 Å². The molecule has 0 aromatic heterocycles. The maximum absolute atomic E-state index is 11.9. The molecule has 1 fully saturated rings. The van der Waals surface area contributed by atoms with Gasteiger partial charge in [0, 0.05) is 19.3 Å². The lowest BCUT2D eigenvalue weighted by atomic mass is 10.0. The van der Waals surface area contributed by atoms with Gasteiger partial charge in [0.2, 0.25) is 5.91 Å². The van der Waals surface area contributed by atoms with E-state index in [0.717, 1.165) is 31.5 Å². The number of hydrogen-bond acceptors (Lipinski definition) is 2. The normalized spacial score (nSPS) is 19.4. The minimum absolute atomic E-state index is 0.0487. The van der Waals surface area contributed by atoms with Crippen LogP contribution in [0.5, 0.6) is 0 Å². The molecule has 0 aliphatic carbocycles. The minimum Gasteiger partial charge on any atom is -0.373 e. The fraction of sp³-hybridized carbons (Fsp3) is 0.533. The largest absolute Gasteiger partial charge is 0.373 e. The maximum atomic E-state index is 11.9. The summed E-state index contributed by atoms with van der Waals surface area (Å²) in [5, 5.41) is 3.42. The molecule has 0 spiro atoms. The highest BCUT2D eigenvalue weighted by Gasteiger charge is 2.29. The van der Waals surface area contributed by atoms with Crippen LogP contribution >= 0.6 is 0 Å². The van der Waals surface area contributed by atoms with Crippen LogP contribution < -0.4 is 5.32 Å². The molecular formula is C15H22N2O. The predicted octanol–water partition coefficient (Wildman–Crippen LogP) is 2.45. The molecule has 0 bridgehead atoms. The van der Waals surface area contributed by atoms with E-state index in [-0.39, 0.29) is 11.9 Å². The third-order valence-electron chi connectivity index (χ3n) is 3.72. The van der Waals surface area contributed by atoms with E-state index in [1.165, 1.54) is 11.1 Å². The van der Waals surface area contributed by atoms with Crippen LogP contribution in [0, 0.1) is 0 Å². The van der Waals surface area contributed by atoms with Crippen molar-refractivity contribution in [3.8, 4) is 0 Å². The summed E-state index contributed by atoms with van der Waals surface area (Å²) in [6, 6.07) is 6.48. The second kappa shape index (κ2) is 5.42. The van der Waals surface area contributed by atoms with Crippen LogP contribution in [0.4, 0.5) is 5.69 Å². The smallest absolute Gasteiger partial charge is 0.244 e. The van der Waals surface area contributed by atoms with Crippen LogP contribution in [0.25, 0.3) is 0 Å². The fourth-order valence-corrected chi connectivity index (χ4v) is 2.43. The number of benzene rings is 1. The Labute approximate surface area is 109 Å². The Hall–Kier alpha value is -1.51. The van der Waals surface area contributed by atoms with Crippen molar-refractivity contribution >= 4 is 11.6 Å². The van der Waals surface area contributed by atoms with Gasteiger partial charge in [-0.1, -0.05) is 26.0 Å². The summed E-state index contributed by atoms with van der Waals surface area (Å²) in [4.78, 5) is 13.7. The molecule has 0 radical (unpaired) electrons. The molecule has 1 amide bonds. The molecule has 3 heteroatoms. The van der Waals surface area contributed by atoms with Gasteiger partial charge in [-0.3, -0.25) is 4.79 Å². The van der Waals surface area contributed by atoms with Crippen LogP contribution in [-0.2, 0) is 17.6 Å². The van der Waals surface area contributed by atoms with Crippen molar-refractivity contribution in [2.45, 2.75) is 39.2 Å². The van der Waals surface area contributed by atoms with Gasteiger partial charge in [0.25, 0.3) is 0 Å². The summed E-state index contributed by atoms with van der Waals surface area (Å²) in [6.45, 7) is 5.15. The number of likely N-dealkylation sites (N-methyl/N-ethyl adjacent to an activating group) is 1. The van der Waals surface area contributed by atoms with E-state index >= 15 is 0 Å². The van der Waals surface area contributed by atoms with Gasteiger partial charge in [0.1, 0.15) is 6.04 Å². The molecule has 3 nitrogen and oxygen atoms in total. The molecule has 98 valence electrons. The molecule has 0 saturated carbocycles. The zero-order chi connectivity index (χ0) is 13.1. The van der Waals surface area contributed by atoms with Crippen molar-refractivity contribution in [2.24, 2.45) is 0 Å². The van der Waals surface area contributed by atoms with Gasteiger partial charge >= 0.3 is 0 Å². The Morgan fingerprint density at radius 1 is 1.33 bits per heavy atom. The lowest BCUT2D eigenvalue weighted by molar-refractivity contribution is -0.127. The quantitative estimate of drug-likeness (QED) is 0.885. The first-order valence-corrected chi connectivity index (χ1v) is 6.79. The monoisotopic (exact) mass is 246 g/mol. The summed E-state index contributed by atoms with van der Waals surface area (Å²) in [6.07, 6.45) is 2.91. The van der Waals surface area contributed by atoms with E-state index in [1.807, 2.05) is 7.05 Å². The summed E-state index contributed by atoms with van der Waals surface area (Å²) >= 11 is 0. The van der Waals surface area contributed by atoms with Crippen LogP contribution in [0.15, 0.2) is 18.2 Å². The Morgan fingerprint density at radius 3 is 2.67 bits per heavy atom. The van der Waals surface area contributed by atoms with E-state index in [0.29, 0.717) is 0 Å². The van der Waals surface area contributed by atoms with Crippen LogP contribution in [0.2, 0.25) is 0 Å². The highest BCUT2D eigenvalue weighted by atomic mass is 16.2. The number of likely N-dealkylation sites (tertiary alicyclic amines) is 1. The first-order valence-electron chi connectivity index (χ1n) is 6.79. The molecule has 1 heterocycles. The van der Waals surface area contributed by atoms with Gasteiger partial charge in [0.05, 0.1) is 0 Å². The molecule has 1 saturated heterocycles. The van der Waals surface area contributed by atoms with E-state index < -0.39 is 0 Å². The molecule has 1 atom stereocenters. The van der Waals surface area contributed by atoms with E-state index in [4.69, 9.17) is 0 Å². The first-order chi connectivity index (χ1) is 8.65. The highest BCUT2D eigenvalue weighted by molar-refractivity contribution is 5.86. The number of amides is 1. The van der Waals surface area contributed by atoms with Crippen molar-refractivity contribution < 1.29 is 4.79 Å². The summed E-state index contributed by atoms with van der Waals surface area (Å²) < 4.78 is 0. The van der Waals surface area contributed by atoms with E-state index in [1.54, 1.807) is 4.90 Å². The highest BCUT2D eigenvalue weighted by Crippen LogP contribution is 2.22. The van der Waals surface area contributed by atoms with Gasteiger partial charge in [0.15, 0.2) is 0 Å². The lowest BCUT2D eigenvalue weighted by Crippen LogP contribution is -2.31. The number of aryl methyl sites for hydroxylation is 2. The zero-order valence-electron chi connectivity index (χ0n) is 11.5. The Balaban J connectivity index is 2.19. The fourth-order valence-electron chi connectivity index (χ4n) is 2.43. The van der Waals surface area contributed by atoms with Crippen LogP contribution in [0.1, 0.15) is 31.4 Å².